The van der Waals surface area contributed by atoms with Gasteiger partial charge in [0.1, 0.15) is 12.4 Å². The van der Waals surface area contributed by atoms with Crippen LogP contribution in [0.2, 0.25) is 0 Å². The molecule has 1 aliphatic heterocycles. The third kappa shape index (κ3) is 5.66. The molecule has 1 aliphatic rings. The average molecular weight is 540 g/mol. The van der Waals surface area contributed by atoms with Gasteiger partial charge < -0.3 is 14.2 Å². The maximum atomic E-state index is 13.1. The van der Waals surface area contributed by atoms with Crippen LogP contribution in [0.5, 0.6) is 17.2 Å². The number of esters is 1. The van der Waals surface area contributed by atoms with E-state index >= 15 is 0 Å². The smallest absolute Gasteiger partial charge is 0.343 e. The van der Waals surface area contributed by atoms with E-state index < -0.39 is 17.1 Å². The highest BCUT2D eigenvalue weighted by atomic mass is 32.2. The first kappa shape index (κ1) is 26.1. The second-order valence-electron chi connectivity index (χ2n) is 8.79. The maximum Gasteiger partial charge on any atom is 0.343 e. The van der Waals surface area contributed by atoms with Gasteiger partial charge in [-0.2, -0.15) is 0 Å². The number of aryl methyl sites for hydroxylation is 1. The van der Waals surface area contributed by atoms with Crippen molar-refractivity contribution >= 4 is 45.7 Å². The van der Waals surface area contributed by atoms with Crippen molar-refractivity contribution in [3.8, 4) is 17.2 Å². The molecule has 0 aliphatic carbocycles. The summed E-state index contributed by atoms with van der Waals surface area (Å²) < 4.78 is 17.0. The van der Waals surface area contributed by atoms with Crippen LogP contribution in [-0.4, -0.2) is 42.3 Å². The molecule has 0 atom stereocenters. The summed E-state index contributed by atoms with van der Waals surface area (Å²) in [5.41, 5.74) is 1.83. The first-order chi connectivity index (χ1) is 18.9. The Labute approximate surface area is 230 Å². The number of fused-ring (bicyclic) bond motifs is 1. The van der Waals surface area contributed by atoms with E-state index in [0.29, 0.717) is 22.6 Å². The van der Waals surface area contributed by atoms with E-state index in [1.54, 1.807) is 30.3 Å². The van der Waals surface area contributed by atoms with Crippen LogP contribution in [0, 0.1) is 6.92 Å². The number of carbonyl (C=O) groups excluding carboxylic acids is 3. The van der Waals surface area contributed by atoms with Crippen molar-refractivity contribution in [1.82, 2.24) is 4.90 Å². The summed E-state index contributed by atoms with van der Waals surface area (Å²) in [5.74, 6) is 0.175. The van der Waals surface area contributed by atoms with Crippen LogP contribution in [0.3, 0.4) is 0 Å². The Kier molecular flexibility index (Phi) is 7.65. The fourth-order valence-electron chi connectivity index (χ4n) is 4.16. The SMILES string of the molecule is COc1cccc(/C=C2\SC(=O)N(CCOc3cccc4ccccc34)C2=O)c1OC(=O)c1ccc(C)cc1. The number of thioether (sulfide) groups is 1. The van der Waals surface area contributed by atoms with E-state index in [2.05, 4.69) is 0 Å². The second kappa shape index (κ2) is 11.4. The molecule has 0 N–H and O–H groups in total. The number of rotatable bonds is 8. The standard InChI is InChI=1S/C31H25NO6S/c1-20-13-15-22(16-14-20)30(34)38-28-23(9-6-12-26(28)36-2)19-27-29(33)32(31(35)39-27)17-18-37-25-11-5-8-21-7-3-4-10-24(21)25/h3-16,19H,17-18H2,1-2H3/b27-19-. The van der Waals surface area contributed by atoms with Crippen molar-refractivity contribution in [1.29, 1.82) is 0 Å². The molecule has 1 fully saturated rings. The molecule has 7 nitrogen and oxygen atoms in total. The zero-order valence-electron chi connectivity index (χ0n) is 21.4. The number of hydrogen-bond acceptors (Lipinski definition) is 7. The number of para-hydroxylation sites is 1. The zero-order valence-corrected chi connectivity index (χ0v) is 22.2. The van der Waals surface area contributed by atoms with Crippen LogP contribution in [0.25, 0.3) is 16.8 Å². The highest BCUT2D eigenvalue weighted by molar-refractivity contribution is 8.18. The predicted octanol–water partition coefficient (Wildman–Crippen LogP) is 6.49. The minimum atomic E-state index is -0.562. The first-order valence-electron chi connectivity index (χ1n) is 12.3. The molecule has 0 saturated carbocycles. The van der Waals surface area contributed by atoms with Crippen LogP contribution in [0.15, 0.2) is 89.8 Å². The summed E-state index contributed by atoms with van der Waals surface area (Å²) in [5, 5.41) is 1.61. The molecule has 0 aromatic heterocycles. The molecule has 4 aromatic carbocycles. The molecule has 0 unspecified atom stereocenters. The molecular formula is C31H25NO6S. The van der Waals surface area contributed by atoms with Gasteiger partial charge in [-0.25, -0.2) is 4.79 Å². The molecule has 39 heavy (non-hydrogen) atoms. The van der Waals surface area contributed by atoms with Crippen LogP contribution in [0.4, 0.5) is 4.79 Å². The zero-order chi connectivity index (χ0) is 27.4. The number of amides is 2. The molecular weight excluding hydrogens is 514 g/mol. The van der Waals surface area contributed by atoms with Gasteiger partial charge in [-0.05, 0) is 54.4 Å². The van der Waals surface area contributed by atoms with Gasteiger partial charge >= 0.3 is 5.97 Å². The molecule has 0 spiro atoms. The number of carbonyl (C=O) groups is 3. The summed E-state index contributed by atoms with van der Waals surface area (Å²) >= 11 is 0.826. The van der Waals surface area contributed by atoms with E-state index in [-0.39, 0.29) is 23.8 Å². The van der Waals surface area contributed by atoms with Crippen molar-refractivity contribution < 1.29 is 28.6 Å². The second-order valence-corrected chi connectivity index (χ2v) is 9.79. The monoisotopic (exact) mass is 539 g/mol. The lowest BCUT2D eigenvalue weighted by Crippen LogP contribution is -2.32. The fraction of sp³-hybridized carbons (Fsp3) is 0.129. The normalized spacial score (nSPS) is 14.2. The van der Waals surface area contributed by atoms with Gasteiger partial charge in [0.05, 0.1) is 24.1 Å². The summed E-state index contributed by atoms with van der Waals surface area (Å²) in [6, 6.07) is 25.7. The van der Waals surface area contributed by atoms with E-state index in [1.807, 2.05) is 61.5 Å². The minimum absolute atomic E-state index is 0.0958. The molecule has 0 bridgehead atoms. The molecule has 8 heteroatoms. The highest BCUT2D eigenvalue weighted by Gasteiger charge is 2.35. The molecule has 4 aromatic rings. The largest absolute Gasteiger partial charge is 0.493 e. The average Bonchev–Trinajstić information content (AvgIpc) is 3.21. The summed E-state index contributed by atoms with van der Waals surface area (Å²) in [4.78, 5) is 40.0. The van der Waals surface area contributed by atoms with Gasteiger partial charge in [-0.1, -0.05) is 66.2 Å². The van der Waals surface area contributed by atoms with Gasteiger partial charge in [-0.15, -0.1) is 0 Å². The molecule has 2 amide bonds. The van der Waals surface area contributed by atoms with Crippen molar-refractivity contribution in [2.24, 2.45) is 0 Å². The minimum Gasteiger partial charge on any atom is -0.493 e. The number of nitrogens with zero attached hydrogens (tertiary/aromatic N) is 1. The van der Waals surface area contributed by atoms with E-state index in [0.717, 1.165) is 33.0 Å². The van der Waals surface area contributed by atoms with Gasteiger partial charge in [-0.3, -0.25) is 14.5 Å². The van der Waals surface area contributed by atoms with E-state index in [1.165, 1.54) is 13.2 Å². The third-order valence-corrected chi connectivity index (χ3v) is 7.10. The van der Waals surface area contributed by atoms with Gasteiger partial charge in [0, 0.05) is 10.9 Å². The molecule has 1 heterocycles. The van der Waals surface area contributed by atoms with Crippen molar-refractivity contribution in [3.63, 3.8) is 0 Å². The molecule has 0 radical (unpaired) electrons. The Balaban J connectivity index is 1.32. The van der Waals surface area contributed by atoms with E-state index in [4.69, 9.17) is 14.2 Å². The molecule has 1 saturated heterocycles. The third-order valence-electron chi connectivity index (χ3n) is 6.19. The predicted molar refractivity (Wildman–Crippen MR) is 151 cm³/mol. The lowest BCUT2D eigenvalue weighted by Gasteiger charge is -2.14. The lowest BCUT2D eigenvalue weighted by molar-refractivity contribution is -0.123. The van der Waals surface area contributed by atoms with E-state index in [9.17, 15) is 14.4 Å². The number of methoxy groups -OCH3 is 1. The molecule has 5 rings (SSSR count). The van der Waals surface area contributed by atoms with Gasteiger partial charge in [0.2, 0.25) is 0 Å². The fourth-order valence-corrected chi connectivity index (χ4v) is 5.02. The highest BCUT2D eigenvalue weighted by Crippen LogP contribution is 2.38. The van der Waals surface area contributed by atoms with Gasteiger partial charge in [0.25, 0.3) is 11.1 Å². The number of benzene rings is 4. The molecule has 196 valence electrons. The topological polar surface area (TPSA) is 82.1 Å². The van der Waals surface area contributed by atoms with Crippen LogP contribution in [-0.2, 0) is 4.79 Å². The maximum absolute atomic E-state index is 13.1. The van der Waals surface area contributed by atoms with Crippen molar-refractivity contribution in [2.45, 2.75) is 6.92 Å². The van der Waals surface area contributed by atoms with Crippen LogP contribution >= 0.6 is 11.8 Å². The number of hydrogen-bond donors (Lipinski definition) is 0. The quantitative estimate of drug-likeness (QED) is 0.144. The Bertz CT molecular complexity index is 1590. The van der Waals surface area contributed by atoms with Gasteiger partial charge in [0.15, 0.2) is 11.5 Å². The summed E-state index contributed by atoms with van der Waals surface area (Å²) in [6.07, 6.45) is 1.54. The number of imide groups is 1. The van der Waals surface area contributed by atoms with Crippen LogP contribution in [0.1, 0.15) is 21.5 Å². The first-order valence-corrected chi connectivity index (χ1v) is 13.1. The van der Waals surface area contributed by atoms with Crippen LogP contribution < -0.4 is 14.2 Å². The Hall–Kier alpha value is -4.56. The van der Waals surface area contributed by atoms with Crippen molar-refractivity contribution in [3.05, 3.63) is 107 Å². The lowest BCUT2D eigenvalue weighted by atomic mass is 10.1. The summed E-state index contributed by atoms with van der Waals surface area (Å²) in [6.45, 7) is 2.17. The number of ether oxygens (including phenoxy) is 3. The summed E-state index contributed by atoms with van der Waals surface area (Å²) in [7, 11) is 1.46. The van der Waals surface area contributed by atoms with Crippen molar-refractivity contribution in [2.75, 3.05) is 20.3 Å². The Morgan fingerprint density at radius 1 is 0.897 bits per heavy atom. The Morgan fingerprint density at radius 2 is 1.62 bits per heavy atom. The Morgan fingerprint density at radius 3 is 2.41 bits per heavy atom.